The van der Waals surface area contributed by atoms with Crippen LogP contribution in [0.3, 0.4) is 0 Å². The third-order valence-electron chi connectivity index (χ3n) is 4.84. The Hall–Kier alpha value is -2.00. The zero-order valence-corrected chi connectivity index (χ0v) is 18.6. The average molecular weight is 454 g/mol. The Morgan fingerprint density at radius 1 is 1.20 bits per heavy atom. The molecule has 1 aromatic heterocycles. The van der Waals surface area contributed by atoms with Gasteiger partial charge >= 0.3 is 5.97 Å². The van der Waals surface area contributed by atoms with E-state index in [-0.39, 0.29) is 24.9 Å². The topological polar surface area (TPSA) is 61.9 Å². The van der Waals surface area contributed by atoms with Crippen LogP contribution in [0, 0.1) is 12.7 Å². The maximum Gasteiger partial charge on any atom is 0.341 e. The van der Waals surface area contributed by atoms with E-state index in [0.717, 1.165) is 36.6 Å². The summed E-state index contributed by atoms with van der Waals surface area (Å²) in [4.78, 5) is 29.8. The van der Waals surface area contributed by atoms with Gasteiger partial charge in [-0.2, -0.15) is 0 Å². The zero-order chi connectivity index (χ0) is 21.7. The molecule has 0 atom stereocenters. The third-order valence-corrected chi connectivity index (χ3v) is 6.16. The van der Waals surface area contributed by atoms with Crippen LogP contribution in [-0.4, -0.2) is 61.0 Å². The lowest BCUT2D eigenvalue weighted by Crippen LogP contribution is -2.48. The van der Waals surface area contributed by atoms with Crippen molar-refractivity contribution in [1.82, 2.24) is 9.80 Å². The average Bonchev–Trinajstić information content (AvgIpc) is 3.05. The second-order valence-corrected chi connectivity index (χ2v) is 8.82. The maximum atomic E-state index is 13.2. The van der Waals surface area contributed by atoms with Crippen LogP contribution in [0.5, 0.6) is 0 Å². The number of rotatable bonds is 7. The summed E-state index contributed by atoms with van der Waals surface area (Å²) in [7, 11) is 0. The summed E-state index contributed by atoms with van der Waals surface area (Å²) in [6, 6.07) is 6.19. The maximum absolute atomic E-state index is 13.2. The number of piperazine rings is 1. The molecule has 9 heteroatoms. The molecule has 0 saturated carbocycles. The molecule has 1 aromatic carbocycles. The molecule has 1 N–H and O–H groups in total. The second-order valence-electron chi connectivity index (χ2n) is 7.16. The summed E-state index contributed by atoms with van der Waals surface area (Å²) >= 11 is 7.48. The molecule has 1 aliphatic rings. The van der Waals surface area contributed by atoms with Gasteiger partial charge in [0.25, 0.3) is 0 Å². The van der Waals surface area contributed by atoms with Crippen molar-refractivity contribution in [3.8, 4) is 0 Å². The van der Waals surface area contributed by atoms with Crippen molar-refractivity contribution in [2.75, 3.05) is 44.6 Å². The molecule has 1 amide bonds. The van der Waals surface area contributed by atoms with E-state index in [0.29, 0.717) is 22.1 Å². The SMILES string of the molecule is CCOC(=O)c1cc(C)sc1NC(=O)CN1CCN(Cc2ccc(F)cc2Cl)CC1. The lowest BCUT2D eigenvalue weighted by Gasteiger charge is -2.34. The number of benzene rings is 1. The molecule has 1 aliphatic heterocycles. The lowest BCUT2D eigenvalue weighted by atomic mass is 10.2. The summed E-state index contributed by atoms with van der Waals surface area (Å²) < 4.78 is 18.3. The molecule has 0 spiro atoms. The highest BCUT2D eigenvalue weighted by Crippen LogP contribution is 2.28. The fraction of sp³-hybridized carbons (Fsp3) is 0.429. The lowest BCUT2D eigenvalue weighted by molar-refractivity contribution is -0.117. The van der Waals surface area contributed by atoms with Crippen LogP contribution in [0.15, 0.2) is 24.3 Å². The molecule has 162 valence electrons. The van der Waals surface area contributed by atoms with Gasteiger partial charge in [-0.25, -0.2) is 9.18 Å². The zero-order valence-electron chi connectivity index (χ0n) is 17.0. The van der Waals surface area contributed by atoms with Gasteiger partial charge in [-0.05, 0) is 37.6 Å². The van der Waals surface area contributed by atoms with Crippen molar-refractivity contribution in [3.05, 3.63) is 51.1 Å². The summed E-state index contributed by atoms with van der Waals surface area (Å²) in [6.45, 7) is 7.87. The quantitative estimate of drug-likeness (QED) is 0.646. The van der Waals surface area contributed by atoms with Gasteiger partial charge in [0.05, 0.1) is 18.7 Å². The van der Waals surface area contributed by atoms with Crippen LogP contribution in [-0.2, 0) is 16.1 Å². The summed E-state index contributed by atoms with van der Waals surface area (Å²) in [6.07, 6.45) is 0. The van der Waals surface area contributed by atoms with Gasteiger partial charge in [0, 0.05) is 42.6 Å². The van der Waals surface area contributed by atoms with Crippen LogP contribution >= 0.6 is 22.9 Å². The molecule has 0 radical (unpaired) electrons. The van der Waals surface area contributed by atoms with Crippen LogP contribution in [0.4, 0.5) is 9.39 Å². The van der Waals surface area contributed by atoms with Crippen LogP contribution < -0.4 is 5.32 Å². The Kier molecular flexibility index (Phi) is 7.82. The molecular formula is C21H25ClFN3O3S. The Morgan fingerprint density at radius 2 is 1.90 bits per heavy atom. The van der Waals surface area contributed by atoms with Crippen molar-refractivity contribution >= 4 is 39.8 Å². The Labute approximate surface area is 184 Å². The van der Waals surface area contributed by atoms with E-state index >= 15 is 0 Å². The van der Waals surface area contributed by atoms with Crippen molar-refractivity contribution < 1.29 is 18.7 Å². The third kappa shape index (κ3) is 6.01. The van der Waals surface area contributed by atoms with Gasteiger partial charge < -0.3 is 10.1 Å². The predicted octanol–water partition coefficient (Wildman–Crippen LogP) is 3.78. The fourth-order valence-corrected chi connectivity index (χ4v) is 4.48. The first-order chi connectivity index (χ1) is 14.4. The van der Waals surface area contributed by atoms with E-state index < -0.39 is 5.97 Å². The number of aryl methyl sites for hydroxylation is 1. The highest BCUT2D eigenvalue weighted by Gasteiger charge is 2.22. The minimum absolute atomic E-state index is 0.155. The van der Waals surface area contributed by atoms with E-state index in [1.165, 1.54) is 23.5 Å². The second kappa shape index (κ2) is 10.3. The number of esters is 1. The number of amides is 1. The van der Waals surface area contributed by atoms with Crippen molar-refractivity contribution in [1.29, 1.82) is 0 Å². The molecule has 2 heterocycles. The number of ether oxygens (including phenoxy) is 1. The van der Waals surface area contributed by atoms with E-state index in [2.05, 4.69) is 15.1 Å². The monoisotopic (exact) mass is 453 g/mol. The number of hydrogen-bond acceptors (Lipinski definition) is 6. The van der Waals surface area contributed by atoms with Crippen LogP contribution in [0.1, 0.15) is 27.7 Å². The largest absolute Gasteiger partial charge is 0.462 e. The summed E-state index contributed by atoms with van der Waals surface area (Å²) in [5.41, 5.74) is 1.29. The minimum Gasteiger partial charge on any atom is -0.462 e. The highest BCUT2D eigenvalue weighted by molar-refractivity contribution is 7.16. The normalized spacial score (nSPS) is 15.2. The molecule has 6 nitrogen and oxygen atoms in total. The molecule has 3 rings (SSSR count). The highest BCUT2D eigenvalue weighted by atomic mass is 35.5. The molecule has 30 heavy (non-hydrogen) atoms. The summed E-state index contributed by atoms with van der Waals surface area (Å²) in [5, 5.41) is 3.81. The fourth-order valence-electron chi connectivity index (χ4n) is 3.33. The van der Waals surface area contributed by atoms with E-state index in [9.17, 15) is 14.0 Å². The number of nitrogens with one attached hydrogen (secondary N) is 1. The van der Waals surface area contributed by atoms with E-state index in [4.69, 9.17) is 16.3 Å². The number of carbonyl (C=O) groups is 2. The van der Waals surface area contributed by atoms with Gasteiger partial charge in [0.15, 0.2) is 0 Å². The number of thiophene rings is 1. The number of hydrogen-bond donors (Lipinski definition) is 1. The minimum atomic E-state index is -0.426. The molecule has 0 unspecified atom stereocenters. The van der Waals surface area contributed by atoms with Gasteiger partial charge in [0.2, 0.25) is 5.91 Å². The van der Waals surface area contributed by atoms with Crippen molar-refractivity contribution in [3.63, 3.8) is 0 Å². The van der Waals surface area contributed by atoms with Crippen LogP contribution in [0.2, 0.25) is 5.02 Å². The predicted molar refractivity (Wildman–Crippen MR) is 117 cm³/mol. The van der Waals surface area contributed by atoms with Crippen molar-refractivity contribution in [2.24, 2.45) is 0 Å². The molecule has 2 aromatic rings. The number of anilines is 1. The molecular weight excluding hydrogens is 429 g/mol. The Balaban J connectivity index is 1.49. The molecule has 1 fully saturated rings. The number of carbonyl (C=O) groups excluding carboxylic acids is 2. The summed E-state index contributed by atoms with van der Waals surface area (Å²) in [5.74, 6) is -0.922. The first-order valence-electron chi connectivity index (χ1n) is 9.81. The van der Waals surface area contributed by atoms with E-state index in [1.54, 1.807) is 19.1 Å². The Bertz CT molecular complexity index is 913. The standard InChI is InChI=1S/C21H25ClFN3O3S/c1-3-29-21(28)17-10-14(2)30-20(17)24-19(27)13-26-8-6-25(7-9-26)12-15-4-5-16(23)11-18(15)22/h4-5,10-11H,3,6-9,12-13H2,1-2H3,(H,24,27). The van der Waals surface area contributed by atoms with Gasteiger partial charge in [-0.15, -0.1) is 11.3 Å². The number of halogens is 2. The smallest absolute Gasteiger partial charge is 0.341 e. The molecule has 1 saturated heterocycles. The van der Waals surface area contributed by atoms with Gasteiger partial charge in [-0.3, -0.25) is 14.6 Å². The van der Waals surface area contributed by atoms with Crippen molar-refractivity contribution in [2.45, 2.75) is 20.4 Å². The molecule has 0 bridgehead atoms. The first kappa shape index (κ1) is 22.7. The van der Waals surface area contributed by atoms with E-state index in [1.807, 2.05) is 6.92 Å². The Morgan fingerprint density at radius 3 is 2.57 bits per heavy atom. The van der Waals surface area contributed by atoms with Gasteiger partial charge in [-0.1, -0.05) is 17.7 Å². The van der Waals surface area contributed by atoms with Gasteiger partial charge in [0.1, 0.15) is 10.8 Å². The molecule has 0 aliphatic carbocycles. The van der Waals surface area contributed by atoms with Crippen LogP contribution in [0.25, 0.3) is 0 Å². The first-order valence-corrected chi connectivity index (χ1v) is 11.0. The number of nitrogens with zero attached hydrogens (tertiary/aromatic N) is 2.